The smallest absolute Gasteiger partial charge is 0.306 e. The number of quaternary nitrogens is 1. The summed E-state index contributed by atoms with van der Waals surface area (Å²) in [7, 11) is 1.11. The van der Waals surface area contributed by atoms with E-state index in [9.17, 15) is 19.0 Å². The number of nitrogens with zero attached hydrogens (tertiary/aromatic N) is 1. The third-order valence-corrected chi connectivity index (χ3v) is 9.97. The minimum Gasteiger partial charge on any atom is -0.756 e. The summed E-state index contributed by atoms with van der Waals surface area (Å²) in [4.78, 5) is 37.5. The molecule has 0 aromatic heterocycles. The van der Waals surface area contributed by atoms with Gasteiger partial charge in [-0.25, -0.2) is 0 Å². The second kappa shape index (κ2) is 38.2. The predicted octanol–water partition coefficient (Wildman–Crippen LogP) is 11.8. The van der Waals surface area contributed by atoms with E-state index in [-0.39, 0.29) is 26.1 Å². The molecule has 0 aliphatic carbocycles. The van der Waals surface area contributed by atoms with E-state index in [0.717, 1.165) is 51.4 Å². The Bertz CT molecular complexity index is 1140. The van der Waals surface area contributed by atoms with Gasteiger partial charge in [0, 0.05) is 12.8 Å². The Hall–Kier alpha value is -2.29. The van der Waals surface area contributed by atoms with Crippen LogP contribution in [0.2, 0.25) is 0 Å². The molecule has 0 fully saturated rings. The molecule has 0 saturated carbocycles. The molecule has 1 unspecified atom stereocenters. The van der Waals surface area contributed by atoms with Crippen molar-refractivity contribution in [2.45, 2.75) is 174 Å². The van der Waals surface area contributed by atoms with Crippen molar-refractivity contribution in [1.29, 1.82) is 0 Å². The molecule has 0 aliphatic heterocycles. The zero-order valence-corrected chi connectivity index (χ0v) is 37.2. The van der Waals surface area contributed by atoms with Gasteiger partial charge in [0.05, 0.1) is 27.7 Å². The number of phosphoric ester groups is 1. The van der Waals surface area contributed by atoms with Gasteiger partial charge in [0.1, 0.15) is 19.8 Å². The lowest BCUT2D eigenvalue weighted by molar-refractivity contribution is -0.870. The molecule has 0 saturated heterocycles. The molecule has 2 atom stereocenters. The number of rotatable bonds is 39. The maximum Gasteiger partial charge on any atom is 0.306 e. The molecule has 0 amide bonds. The minimum atomic E-state index is -4.65. The zero-order chi connectivity index (χ0) is 41.4. The average molecular weight is 808 g/mol. The molecule has 324 valence electrons. The van der Waals surface area contributed by atoms with Crippen LogP contribution in [0.5, 0.6) is 0 Å². The Morgan fingerprint density at radius 2 is 0.982 bits per heavy atom. The molecular formula is C46H82NO8P. The zero-order valence-electron chi connectivity index (χ0n) is 36.3. The van der Waals surface area contributed by atoms with E-state index in [1.807, 2.05) is 21.1 Å². The normalized spacial score (nSPS) is 14.2. The molecular weight excluding hydrogens is 725 g/mol. The lowest BCUT2D eigenvalue weighted by atomic mass is 10.1. The summed E-state index contributed by atoms with van der Waals surface area (Å²) in [6, 6.07) is 0. The first-order valence-electron chi connectivity index (χ1n) is 22.0. The summed E-state index contributed by atoms with van der Waals surface area (Å²) >= 11 is 0. The number of carbonyl (C=O) groups is 2. The van der Waals surface area contributed by atoms with Gasteiger partial charge in [0.25, 0.3) is 7.82 Å². The van der Waals surface area contributed by atoms with Gasteiger partial charge in [-0.1, -0.05) is 139 Å². The maximum atomic E-state index is 12.6. The quantitative estimate of drug-likeness (QED) is 0.0198. The first kappa shape index (κ1) is 53.7. The summed E-state index contributed by atoms with van der Waals surface area (Å²) in [6.45, 7) is 4.09. The van der Waals surface area contributed by atoms with Crippen LogP contribution in [0, 0.1) is 0 Å². The van der Waals surface area contributed by atoms with Crippen LogP contribution in [-0.4, -0.2) is 70.0 Å². The highest BCUT2D eigenvalue weighted by Crippen LogP contribution is 2.38. The fraction of sp³-hybridized carbons (Fsp3) is 0.739. The van der Waals surface area contributed by atoms with Crippen molar-refractivity contribution in [3.05, 3.63) is 60.8 Å². The van der Waals surface area contributed by atoms with Crippen LogP contribution in [0.15, 0.2) is 60.8 Å². The topological polar surface area (TPSA) is 111 Å². The highest BCUT2D eigenvalue weighted by molar-refractivity contribution is 7.45. The number of hydrogen-bond acceptors (Lipinski definition) is 8. The molecule has 0 heterocycles. The van der Waals surface area contributed by atoms with Crippen LogP contribution in [0.4, 0.5) is 0 Å². The molecule has 10 heteroatoms. The Morgan fingerprint density at radius 1 is 0.554 bits per heavy atom. The SMILES string of the molecule is CCCCC/C=C/C/C=C/C/C=C/CCCCC(=O)OC[C@H](COP(=O)([O-])OCC[N+](C)(C)C)OC(=O)CCC/C=C/C/C=C/CCCCCCCCCCC. The van der Waals surface area contributed by atoms with Crippen molar-refractivity contribution in [3.63, 3.8) is 0 Å². The number of allylic oxidation sites excluding steroid dienone is 10. The first-order chi connectivity index (χ1) is 27.0. The van der Waals surface area contributed by atoms with Crippen molar-refractivity contribution < 1.29 is 42.1 Å². The predicted molar refractivity (Wildman–Crippen MR) is 231 cm³/mol. The van der Waals surface area contributed by atoms with Crippen LogP contribution in [0.1, 0.15) is 168 Å². The third kappa shape index (κ3) is 41.3. The molecule has 0 aromatic rings. The second-order valence-corrected chi connectivity index (χ2v) is 17.1. The monoisotopic (exact) mass is 808 g/mol. The van der Waals surface area contributed by atoms with Crippen molar-refractivity contribution in [1.82, 2.24) is 0 Å². The number of likely N-dealkylation sites (N-methyl/N-ethyl adjacent to an activating group) is 1. The average Bonchev–Trinajstić information content (AvgIpc) is 3.15. The number of hydrogen-bond donors (Lipinski definition) is 0. The summed E-state index contributed by atoms with van der Waals surface area (Å²) in [6.07, 6.45) is 45.5. The van der Waals surface area contributed by atoms with Crippen LogP contribution in [0.25, 0.3) is 0 Å². The van der Waals surface area contributed by atoms with E-state index < -0.39 is 32.5 Å². The molecule has 0 rings (SSSR count). The Labute approximate surface area is 343 Å². The van der Waals surface area contributed by atoms with E-state index in [1.165, 1.54) is 77.0 Å². The molecule has 0 N–H and O–H groups in total. The van der Waals surface area contributed by atoms with Crippen molar-refractivity contribution in [2.24, 2.45) is 0 Å². The van der Waals surface area contributed by atoms with Crippen molar-refractivity contribution in [3.8, 4) is 0 Å². The van der Waals surface area contributed by atoms with Crippen LogP contribution in [-0.2, 0) is 32.7 Å². The summed E-state index contributed by atoms with van der Waals surface area (Å²) < 4.78 is 33.8. The second-order valence-electron chi connectivity index (χ2n) is 15.7. The van der Waals surface area contributed by atoms with Crippen LogP contribution < -0.4 is 4.89 Å². The molecule has 0 aromatic carbocycles. The minimum absolute atomic E-state index is 0.0466. The molecule has 0 spiro atoms. The van der Waals surface area contributed by atoms with E-state index in [1.54, 1.807) is 0 Å². The lowest BCUT2D eigenvalue weighted by Gasteiger charge is -2.28. The van der Waals surface area contributed by atoms with E-state index in [0.29, 0.717) is 23.9 Å². The third-order valence-electron chi connectivity index (χ3n) is 9.01. The van der Waals surface area contributed by atoms with Gasteiger partial charge in [-0.15, -0.1) is 0 Å². The van der Waals surface area contributed by atoms with E-state index >= 15 is 0 Å². The number of phosphoric acid groups is 1. The lowest BCUT2D eigenvalue weighted by Crippen LogP contribution is -2.37. The Balaban J connectivity index is 4.50. The molecule has 9 nitrogen and oxygen atoms in total. The molecule has 0 aliphatic rings. The summed E-state index contributed by atoms with van der Waals surface area (Å²) in [5.74, 6) is -0.936. The van der Waals surface area contributed by atoms with E-state index in [4.69, 9.17) is 18.5 Å². The van der Waals surface area contributed by atoms with Gasteiger partial charge in [-0.3, -0.25) is 14.2 Å². The highest BCUT2D eigenvalue weighted by atomic mass is 31.2. The maximum absolute atomic E-state index is 12.6. The van der Waals surface area contributed by atoms with Gasteiger partial charge in [0.15, 0.2) is 6.10 Å². The van der Waals surface area contributed by atoms with Gasteiger partial charge in [-0.05, 0) is 77.0 Å². The largest absolute Gasteiger partial charge is 0.756 e. The van der Waals surface area contributed by atoms with Crippen LogP contribution >= 0.6 is 7.82 Å². The molecule has 0 bridgehead atoms. The fourth-order valence-corrected chi connectivity index (χ4v) is 6.25. The van der Waals surface area contributed by atoms with Gasteiger partial charge in [-0.2, -0.15) is 0 Å². The van der Waals surface area contributed by atoms with Gasteiger partial charge >= 0.3 is 11.9 Å². The standard InChI is InChI=1S/C46H82NO8P/c1-6-8-10-12-14-16-18-20-22-23-25-27-29-31-33-35-37-39-46(49)55-44(43-54-56(50,51)53-41-40-47(3,4)5)42-52-45(48)38-36-34-32-30-28-26-24-21-19-17-15-13-11-9-7-2/h15,17,21,24-25,27-28,30-31,33,44H,6-14,16,18-20,22-23,26,29,32,34-43H2,1-5H3/b17-15+,24-21+,27-25+,30-28+,33-31+/t44-/m1/s1. The van der Waals surface area contributed by atoms with Crippen molar-refractivity contribution in [2.75, 3.05) is 47.5 Å². The fourth-order valence-electron chi connectivity index (χ4n) is 5.52. The van der Waals surface area contributed by atoms with Crippen molar-refractivity contribution >= 4 is 19.8 Å². The number of unbranched alkanes of at least 4 members (excludes halogenated alkanes) is 15. The number of carbonyl (C=O) groups excluding carboxylic acids is 2. The first-order valence-corrected chi connectivity index (χ1v) is 23.5. The molecule has 0 radical (unpaired) electrons. The van der Waals surface area contributed by atoms with E-state index in [2.05, 4.69) is 74.6 Å². The number of esters is 2. The van der Waals surface area contributed by atoms with Crippen LogP contribution in [0.3, 0.4) is 0 Å². The summed E-state index contributed by atoms with van der Waals surface area (Å²) in [5.41, 5.74) is 0. The highest BCUT2D eigenvalue weighted by Gasteiger charge is 2.21. The van der Waals surface area contributed by atoms with Gasteiger partial charge in [0.2, 0.25) is 0 Å². The Morgan fingerprint density at radius 3 is 1.52 bits per heavy atom. The Kier molecular flexibility index (Phi) is 36.7. The number of ether oxygens (including phenoxy) is 2. The van der Waals surface area contributed by atoms with Gasteiger partial charge < -0.3 is 27.9 Å². The summed E-state index contributed by atoms with van der Waals surface area (Å²) in [5, 5.41) is 0. The molecule has 56 heavy (non-hydrogen) atoms.